The summed E-state index contributed by atoms with van der Waals surface area (Å²) in [4.78, 5) is 31.0. The number of esters is 1. The zero-order valence-electron chi connectivity index (χ0n) is 19.1. The molecule has 5 rings (SSSR count). The minimum absolute atomic E-state index is 0.0754. The number of benzene rings is 2. The summed E-state index contributed by atoms with van der Waals surface area (Å²) in [5.41, 5.74) is 0.549. The molecule has 7 heteroatoms. The molecule has 2 unspecified atom stereocenters. The van der Waals surface area contributed by atoms with Crippen LogP contribution in [0.5, 0.6) is 0 Å². The molecular weight excluding hydrogens is 416 g/mol. The first-order valence-electron chi connectivity index (χ1n) is 12.0. The lowest BCUT2D eigenvalue weighted by Crippen LogP contribution is -2.66. The molecule has 2 aromatic rings. The van der Waals surface area contributed by atoms with Crippen molar-refractivity contribution in [3.63, 3.8) is 0 Å². The van der Waals surface area contributed by atoms with Crippen LogP contribution in [0.25, 0.3) is 0 Å². The number of rotatable bonds is 8. The van der Waals surface area contributed by atoms with Crippen LogP contribution in [0.4, 0.5) is 0 Å². The molecule has 2 N–H and O–H groups in total. The van der Waals surface area contributed by atoms with Crippen molar-refractivity contribution in [3.8, 4) is 0 Å². The summed E-state index contributed by atoms with van der Waals surface area (Å²) in [6.07, 6.45) is 2.50. The van der Waals surface area contributed by atoms with Gasteiger partial charge in [0.15, 0.2) is 0 Å². The molecule has 2 aromatic carbocycles. The van der Waals surface area contributed by atoms with Gasteiger partial charge in [0, 0.05) is 43.3 Å². The molecule has 1 saturated carbocycles. The van der Waals surface area contributed by atoms with Crippen LogP contribution in [0.3, 0.4) is 0 Å². The summed E-state index contributed by atoms with van der Waals surface area (Å²) in [6, 6.07) is 19.1. The summed E-state index contributed by atoms with van der Waals surface area (Å²) >= 11 is 0. The molecule has 3 fully saturated rings. The fourth-order valence-corrected chi connectivity index (χ4v) is 5.28. The van der Waals surface area contributed by atoms with Crippen LogP contribution in [0.15, 0.2) is 60.7 Å². The smallest absolute Gasteiger partial charge is 0.327 e. The van der Waals surface area contributed by atoms with Gasteiger partial charge >= 0.3 is 5.97 Å². The Morgan fingerprint density at radius 2 is 1.73 bits per heavy atom. The summed E-state index contributed by atoms with van der Waals surface area (Å²) in [5, 5.41) is 6.42. The number of hydrogen-bond donors (Lipinski definition) is 2. The molecule has 0 aromatic heterocycles. The normalized spacial score (nSPS) is 24.4. The van der Waals surface area contributed by atoms with Gasteiger partial charge in [0.05, 0.1) is 0 Å². The Balaban J connectivity index is 1.46. The summed E-state index contributed by atoms with van der Waals surface area (Å²) < 4.78 is 6.21. The SMILES string of the molecule is CCN(CCNC(=O)C1CNCC2C(=O)OC(c3ccccc3)(c3ccccc3)N12)C1CC1. The Hall–Kier alpha value is -2.74. The van der Waals surface area contributed by atoms with Crippen molar-refractivity contribution in [2.75, 3.05) is 32.7 Å². The highest BCUT2D eigenvalue weighted by Gasteiger charge is 2.60. The van der Waals surface area contributed by atoms with E-state index in [-0.39, 0.29) is 11.9 Å². The monoisotopic (exact) mass is 448 g/mol. The van der Waals surface area contributed by atoms with E-state index in [2.05, 4.69) is 22.5 Å². The maximum absolute atomic E-state index is 13.5. The van der Waals surface area contributed by atoms with Gasteiger partial charge in [-0.1, -0.05) is 67.6 Å². The van der Waals surface area contributed by atoms with Gasteiger partial charge in [0.25, 0.3) is 0 Å². The zero-order chi connectivity index (χ0) is 22.8. The number of nitrogens with one attached hydrogen (secondary N) is 2. The molecule has 2 heterocycles. The van der Waals surface area contributed by atoms with Gasteiger partial charge in [0.2, 0.25) is 11.6 Å². The number of nitrogens with zero attached hydrogens (tertiary/aromatic N) is 2. The van der Waals surface area contributed by atoms with E-state index in [0.717, 1.165) is 24.2 Å². The van der Waals surface area contributed by atoms with Crippen molar-refractivity contribution in [2.24, 2.45) is 0 Å². The maximum atomic E-state index is 13.5. The molecule has 33 heavy (non-hydrogen) atoms. The first kappa shape index (κ1) is 22.1. The van der Waals surface area contributed by atoms with Crippen LogP contribution in [0, 0.1) is 0 Å². The first-order valence-corrected chi connectivity index (χ1v) is 12.0. The lowest BCUT2D eigenvalue weighted by molar-refractivity contribution is -0.153. The number of ether oxygens (including phenoxy) is 1. The van der Waals surface area contributed by atoms with Crippen LogP contribution < -0.4 is 10.6 Å². The minimum atomic E-state index is -1.14. The Bertz CT molecular complexity index is 940. The van der Waals surface area contributed by atoms with Crippen LogP contribution in [-0.4, -0.2) is 72.5 Å². The molecule has 3 aliphatic rings. The van der Waals surface area contributed by atoms with E-state index in [1.807, 2.05) is 65.6 Å². The number of hydrogen-bond acceptors (Lipinski definition) is 6. The van der Waals surface area contributed by atoms with E-state index in [1.165, 1.54) is 12.8 Å². The van der Waals surface area contributed by atoms with E-state index in [0.29, 0.717) is 25.7 Å². The summed E-state index contributed by atoms with van der Waals surface area (Å²) in [5.74, 6) is -0.382. The molecule has 0 spiro atoms. The fourth-order valence-electron chi connectivity index (χ4n) is 5.28. The van der Waals surface area contributed by atoms with Crippen LogP contribution in [-0.2, 0) is 20.1 Å². The van der Waals surface area contributed by atoms with Crippen LogP contribution >= 0.6 is 0 Å². The molecule has 1 aliphatic carbocycles. The Labute approximate surface area is 195 Å². The second-order valence-corrected chi connectivity index (χ2v) is 9.05. The molecule has 2 atom stereocenters. The van der Waals surface area contributed by atoms with Gasteiger partial charge < -0.3 is 15.4 Å². The number of cyclic esters (lactones) is 1. The number of carbonyl (C=O) groups is 2. The Kier molecular flexibility index (Phi) is 6.19. The quantitative estimate of drug-likeness (QED) is 0.599. The third-order valence-electron chi connectivity index (χ3n) is 7.03. The highest BCUT2D eigenvalue weighted by atomic mass is 16.6. The van der Waals surface area contributed by atoms with Gasteiger partial charge in [-0.15, -0.1) is 0 Å². The van der Waals surface area contributed by atoms with Crippen molar-refractivity contribution in [2.45, 2.75) is 43.6 Å². The second-order valence-electron chi connectivity index (χ2n) is 9.05. The standard InChI is InChI=1S/C26H32N4O3/c1-2-29(21-13-14-21)16-15-28-24(31)22-17-27-18-23-25(32)33-26(30(22)23,19-9-5-3-6-10-19)20-11-7-4-8-12-20/h3-12,21-23,27H,2,13-18H2,1H3,(H,28,31). The molecule has 174 valence electrons. The van der Waals surface area contributed by atoms with Gasteiger partial charge in [-0.3, -0.25) is 14.5 Å². The van der Waals surface area contributed by atoms with E-state index in [1.54, 1.807) is 0 Å². The summed E-state index contributed by atoms with van der Waals surface area (Å²) in [6.45, 7) is 5.51. The van der Waals surface area contributed by atoms with Gasteiger partial charge in [-0.2, -0.15) is 0 Å². The van der Waals surface area contributed by atoms with Crippen LogP contribution in [0.1, 0.15) is 30.9 Å². The minimum Gasteiger partial charge on any atom is -0.434 e. The molecule has 7 nitrogen and oxygen atoms in total. The van der Waals surface area contributed by atoms with Crippen molar-refractivity contribution in [1.82, 2.24) is 20.4 Å². The average molecular weight is 449 g/mol. The Morgan fingerprint density at radius 1 is 1.09 bits per heavy atom. The third-order valence-corrected chi connectivity index (χ3v) is 7.03. The fraction of sp³-hybridized carbons (Fsp3) is 0.462. The Morgan fingerprint density at radius 3 is 2.30 bits per heavy atom. The average Bonchev–Trinajstić information content (AvgIpc) is 3.66. The third kappa shape index (κ3) is 4.05. The van der Waals surface area contributed by atoms with Gasteiger partial charge in [-0.05, 0) is 19.4 Å². The molecular formula is C26H32N4O3. The van der Waals surface area contributed by atoms with Gasteiger partial charge in [-0.25, -0.2) is 4.90 Å². The summed E-state index contributed by atoms with van der Waals surface area (Å²) in [7, 11) is 0. The number of likely N-dealkylation sites (N-methyl/N-ethyl adjacent to an activating group) is 1. The number of amides is 1. The van der Waals surface area contributed by atoms with E-state index < -0.39 is 17.8 Å². The highest BCUT2D eigenvalue weighted by molar-refractivity contribution is 5.86. The molecule has 1 amide bonds. The molecule has 2 aliphatic heterocycles. The van der Waals surface area contributed by atoms with Crippen molar-refractivity contribution in [3.05, 3.63) is 71.8 Å². The highest BCUT2D eigenvalue weighted by Crippen LogP contribution is 2.45. The van der Waals surface area contributed by atoms with Crippen molar-refractivity contribution < 1.29 is 14.3 Å². The topological polar surface area (TPSA) is 73.9 Å². The molecule has 0 radical (unpaired) electrons. The molecule has 2 saturated heterocycles. The second kappa shape index (κ2) is 9.25. The lowest BCUT2D eigenvalue weighted by Gasteiger charge is -2.44. The zero-order valence-corrected chi connectivity index (χ0v) is 19.1. The lowest BCUT2D eigenvalue weighted by atomic mass is 9.90. The predicted octanol–water partition coefficient (Wildman–Crippen LogP) is 1.69. The number of fused-ring (bicyclic) bond motifs is 1. The van der Waals surface area contributed by atoms with E-state index in [9.17, 15) is 9.59 Å². The number of carbonyl (C=O) groups excluding carboxylic acids is 2. The largest absolute Gasteiger partial charge is 0.434 e. The first-order chi connectivity index (χ1) is 16.1. The van der Waals surface area contributed by atoms with E-state index >= 15 is 0 Å². The van der Waals surface area contributed by atoms with Crippen molar-refractivity contribution >= 4 is 11.9 Å². The van der Waals surface area contributed by atoms with Crippen LogP contribution in [0.2, 0.25) is 0 Å². The maximum Gasteiger partial charge on any atom is 0.327 e. The molecule has 0 bridgehead atoms. The predicted molar refractivity (Wildman–Crippen MR) is 125 cm³/mol. The van der Waals surface area contributed by atoms with Crippen molar-refractivity contribution in [1.29, 1.82) is 0 Å². The van der Waals surface area contributed by atoms with E-state index in [4.69, 9.17) is 4.74 Å². The van der Waals surface area contributed by atoms with Gasteiger partial charge in [0.1, 0.15) is 12.1 Å². The number of piperazine rings is 1.